The molecule has 4 aliphatic rings. The number of halogens is 3. The highest BCUT2D eigenvalue weighted by molar-refractivity contribution is 6.75. The molecule has 0 spiro atoms. The van der Waals surface area contributed by atoms with Crippen molar-refractivity contribution in [1.82, 2.24) is 0 Å². The van der Waals surface area contributed by atoms with Crippen molar-refractivity contribution in [3.05, 3.63) is 11.6 Å². The molecule has 0 aliphatic heterocycles. The molecule has 4 aliphatic carbocycles. The Labute approximate surface area is 222 Å². The van der Waals surface area contributed by atoms with E-state index in [0.717, 1.165) is 54.8 Å². The van der Waals surface area contributed by atoms with Crippen LogP contribution in [0.5, 0.6) is 0 Å². The summed E-state index contributed by atoms with van der Waals surface area (Å²) in [5.41, 5.74) is 2.23. The van der Waals surface area contributed by atoms with E-state index in [2.05, 4.69) is 40.7 Å². The van der Waals surface area contributed by atoms with Crippen LogP contribution in [0.1, 0.15) is 105 Å². The molecule has 5 heteroatoms. The summed E-state index contributed by atoms with van der Waals surface area (Å²) in [7, 11) is 0. The molecule has 0 amide bonds. The van der Waals surface area contributed by atoms with Crippen molar-refractivity contribution in [2.45, 2.75) is 115 Å². The quantitative estimate of drug-likeness (QED) is 0.194. The summed E-state index contributed by atoms with van der Waals surface area (Å²) in [5, 5.41) is 0. The summed E-state index contributed by atoms with van der Waals surface area (Å²) >= 11 is 17.2. The second-order valence-corrected chi connectivity index (χ2v) is 15.3. The largest absolute Gasteiger partial charge is 0.459 e. The third-order valence-corrected chi connectivity index (χ3v) is 11.2. The van der Waals surface area contributed by atoms with Crippen LogP contribution in [0, 0.1) is 46.3 Å². The van der Waals surface area contributed by atoms with Gasteiger partial charge in [0.2, 0.25) is 0 Å². The number of ether oxygens (including phenoxy) is 1. The van der Waals surface area contributed by atoms with Gasteiger partial charge in [-0.05, 0) is 91.3 Å². The first-order valence-electron chi connectivity index (χ1n) is 13.8. The lowest BCUT2D eigenvalue weighted by Crippen LogP contribution is -2.51. The van der Waals surface area contributed by atoms with Crippen LogP contribution in [-0.4, -0.2) is 15.9 Å². The van der Waals surface area contributed by atoms with Gasteiger partial charge in [-0.2, -0.15) is 0 Å². The molecule has 0 saturated heterocycles. The van der Waals surface area contributed by atoms with E-state index in [-0.39, 0.29) is 11.5 Å². The Hall–Kier alpha value is 0.0800. The topological polar surface area (TPSA) is 26.3 Å². The van der Waals surface area contributed by atoms with Crippen LogP contribution < -0.4 is 0 Å². The van der Waals surface area contributed by atoms with Gasteiger partial charge in [0.25, 0.3) is 3.79 Å². The number of esters is 1. The lowest BCUT2D eigenvalue weighted by Gasteiger charge is -2.58. The van der Waals surface area contributed by atoms with E-state index in [1.54, 1.807) is 0 Å². The van der Waals surface area contributed by atoms with Crippen LogP contribution in [-0.2, 0) is 9.53 Å². The molecule has 4 unspecified atom stereocenters. The molecular formula is C29H45Cl3O2. The monoisotopic (exact) mass is 530 g/mol. The Morgan fingerprint density at radius 2 is 1.79 bits per heavy atom. The smallest absolute Gasteiger partial charge is 0.358 e. The van der Waals surface area contributed by atoms with Gasteiger partial charge < -0.3 is 4.74 Å². The summed E-state index contributed by atoms with van der Waals surface area (Å²) in [5.74, 6) is 4.23. The van der Waals surface area contributed by atoms with Gasteiger partial charge in [0.1, 0.15) is 6.10 Å². The minimum Gasteiger partial charge on any atom is -0.459 e. The Bertz CT molecular complexity index is 787. The van der Waals surface area contributed by atoms with Crippen LogP contribution >= 0.6 is 34.8 Å². The van der Waals surface area contributed by atoms with Gasteiger partial charge in [-0.25, -0.2) is 4.79 Å². The van der Waals surface area contributed by atoms with E-state index >= 15 is 0 Å². The number of allylic oxidation sites excluding steroid dienone is 1. The van der Waals surface area contributed by atoms with Gasteiger partial charge in [-0.15, -0.1) is 0 Å². The van der Waals surface area contributed by atoms with Crippen LogP contribution in [0.25, 0.3) is 0 Å². The molecule has 2 nitrogen and oxygen atoms in total. The van der Waals surface area contributed by atoms with E-state index < -0.39 is 9.76 Å². The molecule has 0 bridgehead atoms. The second kappa shape index (κ2) is 10.1. The number of carbonyl (C=O) groups is 1. The fourth-order valence-electron chi connectivity index (χ4n) is 8.97. The minimum absolute atomic E-state index is 0.171. The summed E-state index contributed by atoms with van der Waals surface area (Å²) < 4.78 is 3.59. The fourth-order valence-corrected chi connectivity index (χ4v) is 9.10. The predicted octanol–water partition coefficient (Wildman–Crippen LogP) is 9.31. The molecule has 0 aromatic heterocycles. The lowest BCUT2D eigenvalue weighted by molar-refractivity contribution is -0.150. The van der Waals surface area contributed by atoms with E-state index in [0.29, 0.717) is 5.41 Å². The zero-order valence-corrected chi connectivity index (χ0v) is 24.1. The zero-order chi connectivity index (χ0) is 24.9. The van der Waals surface area contributed by atoms with E-state index in [1.807, 2.05) is 0 Å². The van der Waals surface area contributed by atoms with Gasteiger partial charge in [0.05, 0.1) is 0 Å². The highest BCUT2D eigenvalue weighted by Crippen LogP contribution is 2.67. The molecule has 0 aromatic rings. The molecule has 3 fully saturated rings. The van der Waals surface area contributed by atoms with Gasteiger partial charge in [-0.1, -0.05) is 100 Å². The third-order valence-electron chi connectivity index (χ3n) is 10.8. The summed E-state index contributed by atoms with van der Waals surface area (Å²) in [6.45, 7) is 12.4. The average molecular weight is 532 g/mol. The highest BCUT2D eigenvalue weighted by Gasteiger charge is 2.59. The molecule has 0 N–H and O–H groups in total. The molecule has 0 radical (unpaired) electrons. The van der Waals surface area contributed by atoms with Gasteiger partial charge in [0, 0.05) is 6.42 Å². The summed E-state index contributed by atoms with van der Waals surface area (Å²) in [6, 6.07) is 0. The number of rotatable bonds is 6. The number of carbonyl (C=O) groups excluding carboxylic acids is 1. The Balaban J connectivity index is 1.44. The summed E-state index contributed by atoms with van der Waals surface area (Å²) in [4.78, 5) is 12.1. The number of fused-ring (bicyclic) bond motifs is 5. The number of hydrogen-bond donors (Lipinski definition) is 0. The van der Waals surface area contributed by atoms with Gasteiger partial charge in [-0.3, -0.25) is 0 Å². The maximum Gasteiger partial charge on any atom is 0.358 e. The number of hydrogen-bond acceptors (Lipinski definition) is 2. The van der Waals surface area contributed by atoms with Crippen LogP contribution in [0.3, 0.4) is 0 Å². The fraction of sp³-hybridized carbons (Fsp3) is 0.897. The standard InChI is InChI=1S/C29H45Cl3O2/c1-18(2)7-6-8-19(3)23-11-12-24-22-10-9-20-17-21(34-26(33)29(30,31)32)13-15-27(20,4)25(22)14-16-28(23,24)5/h9,18-19,21-25H,6-8,10-17H2,1-5H3/t19-,21?,22?,23-,24?,25?,27+,28-/m1/s1. The average Bonchev–Trinajstić information content (AvgIpc) is 3.10. The summed E-state index contributed by atoms with van der Waals surface area (Å²) in [6.07, 6.45) is 16.0. The van der Waals surface area contributed by atoms with Crippen molar-refractivity contribution >= 4 is 40.8 Å². The molecule has 8 atom stereocenters. The molecule has 34 heavy (non-hydrogen) atoms. The maximum absolute atomic E-state index is 12.1. The van der Waals surface area contributed by atoms with Crippen molar-refractivity contribution < 1.29 is 9.53 Å². The first kappa shape index (κ1) is 27.1. The van der Waals surface area contributed by atoms with Crippen molar-refractivity contribution in [3.63, 3.8) is 0 Å². The van der Waals surface area contributed by atoms with Crippen LogP contribution in [0.2, 0.25) is 0 Å². The van der Waals surface area contributed by atoms with Crippen LogP contribution in [0.4, 0.5) is 0 Å². The van der Waals surface area contributed by atoms with Crippen molar-refractivity contribution in [3.8, 4) is 0 Å². The van der Waals surface area contributed by atoms with Crippen molar-refractivity contribution in [2.75, 3.05) is 0 Å². The molecule has 4 rings (SSSR count). The highest BCUT2D eigenvalue weighted by atomic mass is 35.6. The minimum atomic E-state index is -1.99. The first-order valence-corrected chi connectivity index (χ1v) is 15.0. The Kier molecular flexibility index (Phi) is 8.05. The Morgan fingerprint density at radius 3 is 2.47 bits per heavy atom. The second-order valence-electron chi connectivity index (χ2n) is 13.1. The molecule has 0 aromatic carbocycles. The zero-order valence-electron chi connectivity index (χ0n) is 21.8. The maximum atomic E-state index is 12.1. The van der Waals surface area contributed by atoms with Gasteiger partial charge in [0.15, 0.2) is 0 Å². The lowest BCUT2D eigenvalue weighted by atomic mass is 9.47. The molecule has 194 valence electrons. The first-order chi connectivity index (χ1) is 15.9. The third kappa shape index (κ3) is 5.08. The SMILES string of the molecule is CC(C)CCC[C@@H](C)[C@H]1CCC2C3CC=C4CC(OC(=O)C(Cl)(Cl)Cl)CC[C@]4(C)C3CC[C@@]21C. The van der Waals surface area contributed by atoms with Crippen molar-refractivity contribution in [1.29, 1.82) is 0 Å². The molecule has 3 saturated carbocycles. The van der Waals surface area contributed by atoms with E-state index in [9.17, 15) is 4.79 Å². The normalized spacial score (nSPS) is 40.7. The van der Waals surface area contributed by atoms with Gasteiger partial charge >= 0.3 is 5.97 Å². The predicted molar refractivity (Wildman–Crippen MR) is 143 cm³/mol. The number of alkyl halides is 3. The Morgan fingerprint density at radius 1 is 1.06 bits per heavy atom. The molecule has 0 heterocycles. The molecular weight excluding hydrogens is 487 g/mol. The van der Waals surface area contributed by atoms with E-state index in [4.69, 9.17) is 39.5 Å². The van der Waals surface area contributed by atoms with Crippen LogP contribution in [0.15, 0.2) is 11.6 Å². The van der Waals surface area contributed by atoms with Crippen molar-refractivity contribution in [2.24, 2.45) is 46.3 Å². The van der Waals surface area contributed by atoms with E-state index in [1.165, 1.54) is 56.9 Å².